The summed E-state index contributed by atoms with van der Waals surface area (Å²) in [5.74, 6) is 0.504. The van der Waals surface area contributed by atoms with Crippen LogP contribution in [0.3, 0.4) is 0 Å². The standard InChI is InChI=1S/C42H36ClN5O2/c43-35-22-19-30(20-23-35)25-26-41(39(49)38-18-10-11-27-50-38)36-28-31(21-24-37(36)45-47-41)40-44-29-48(46-40)42(32-12-4-1-5-13-32,33-14-6-2-7-15-33)34-16-8-3-9-17-34/h1-9,12-17,19-26,28-29,38,45,47H,10-11,18,27H2/b26-25+. The molecule has 2 N–H and O–H groups in total. The number of Topliss-reactive ketones (excluding diaryl/α,β-unsaturated/α-hetero) is 1. The van der Waals surface area contributed by atoms with Crippen LogP contribution in [0.15, 0.2) is 146 Å². The third-order valence-corrected chi connectivity index (χ3v) is 10.0. The van der Waals surface area contributed by atoms with Gasteiger partial charge in [0.2, 0.25) is 0 Å². The van der Waals surface area contributed by atoms with Gasteiger partial charge in [-0.3, -0.25) is 4.79 Å². The SMILES string of the molecule is O=C(C1CCCCO1)C1(/C=C/c2ccc(Cl)cc2)NNc2ccc(-c3ncn(C(c4ccccc4)(c4ccccc4)c4ccccc4)n3)cc21. The molecule has 0 amide bonds. The monoisotopic (exact) mass is 677 g/mol. The summed E-state index contributed by atoms with van der Waals surface area (Å²) in [5.41, 5.74) is 11.1. The molecule has 7 nitrogen and oxygen atoms in total. The number of nitrogens with zero attached hydrogens (tertiary/aromatic N) is 3. The predicted molar refractivity (Wildman–Crippen MR) is 198 cm³/mol. The zero-order chi connectivity index (χ0) is 34.0. The maximum absolute atomic E-state index is 14.5. The summed E-state index contributed by atoms with van der Waals surface area (Å²) in [6.45, 7) is 0.570. The van der Waals surface area contributed by atoms with Gasteiger partial charge in [0.05, 0.1) is 5.69 Å². The van der Waals surface area contributed by atoms with Crippen LogP contribution in [0.5, 0.6) is 0 Å². The lowest BCUT2D eigenvalue weighted by atomic mass is 9.77. The number of ketones is 1. The average Bonchev–Trinajstić information content (AvgIpc) is 3.83. The summed E-state index contributed by atoms with van der Waals surface area (Å²) in [6, 6.07) is 44.7. The second-order valence-electron chi connectivity index (χ2n) is 12.7. The molecule has 8 heteroatoms. The summed E-state index contributed by atoms with van der Waals surface area (Å²) in [4.78, 5) is 19.4. The van der Waals surface area contributed by atoms with Gasteiger partial charge in [-0.25, -0.2) is 15.1 Å². The first-order chi connectivity index (χ1) is 24.6. The van der Waals surface area contributed by atoms with E-state index in [0.29, 0.717) is 23.9 Å². The summed E-state index contributed by atoms with van der Waals surface area (Å²) < 4.78 is 8.00. The smallest absolute Gasteiger partial charge is 0.191 e. The van der Waals surface area contributed by atoms with Gasteiger partial charge in [-0.1, -0.05) is 127 Å². The molecule has 8 rings (SSSR count). The van der Waals surface area contributed by atoms with Crippen molar-refractivity contribution in [2.24, 2.45) is 0 Å². The van der Waals surface area contributed by atoms with Gasteiger partial charge < -0.3 is 10.2 Å². The van der Waals surface area contributed by atoms with E-state index in [1.807, 2.05) is 77.5 Å². The van der Waals surface area contributed by atoms with E-state index in [0.717, 1.165) is 51.9 Å². The third kappa shape index (κ3) is 5.63. The van der Waals surface area contributed by atoms with E-state index in [9.17, 15) is 4.79 Å². The molecule has 1 saturated heterocycles. The van der Waals surface area contributed by atoms with E-state index in [4.69, 9.17) is 26.4 Å². The number of ether oxygens (including phenoxy) is 1. The molecule has 0 spiro atoms. The number of aromatic nitrogens is 3. The molecule has 5 aromatic carbocycles. The minimum atomic E-state index is -1.18. The minimum absolute atomic E-state index is 0.0412. The third-order valence-electron chi connectivity index (χ3n) is 9.76. The number of rotatable bonds is 9. The number of nitrogens with one attached hydrogen (secondary N) is 2. The normalized spacial score (nSPS) is 18.9. The van der Waals surface area contributed by atoms with Gasteiger partial charge in [0, 0.05) is 22.8 Å². The molecule has 1 fully saturated rings. The Labute approximate surface area is 296 Å². The molecule has 2 aliphatic rings. The Morgan fingerprint density at radius 3 is 2.08 bits per heavy atom. The van der Waals surface area contributed by atoms with E-state index >= 15 is 0 Å². The van der Waals surface area contributed by atoms with Crippen LogP contribution in [0.4, 0.5) is 5.69 Å². The van der Waals surface area contributed by atoms with Gasteiger partial charge in [-0.15, -0.1) is 5.10 Å². The van der Waals surface area contributed by atoms with Gasteiger partial charge in [0.25, 0.3) is 0 Å². The fraction of sp³-hybridized carbons (Fsp3) is 0.167. The molecule has 50 heavy (non-hydrogen) atoms. The molecular weight excluding hydrogens is 642 g/mol. The number of benzene rings is 5. The number of hydrogen-bond donors (Lipinski definition) is 2. The van der Waals surface area contributed by atoms with Crippen LogP contribution >= 0.6 is 11.6 Å². The van der Waals surface area contributed by atoms with Crippen molar-refractivity contribution in [3.05, 3.63) is 179 Å². The molecular formula is C42H36ClN5O2. The summed E-state index contributed by atoms with van der Waals surface area (Å²) in [7, 11) is 0. The van der Waals surface area contributed by atoms with E-state index < -0.39 is 17.2 Å². The first-order valence-electron chi connectivity index (χ1n) is 17.0. The van der Waals surface area contributed by atoms with Crippen LogP contribution in [0, 0.1) is 0 Å². The van der Waals surface area contributed by atoms with E-state index in [1.165, 1.54) is 0 Å². The molecule has 0 saturated carbocycles. The van der Waals surface area contributed by atoms with Crippen molar-refractivity contribution >= 4 is 29.1 Å². The minimum Gasteiger partial charge on any atom is -0.370 e. The second-order valence-corrected chi connectivity index (χ2v) is 13.2. The highest BCUT2D eigenvalue weighted by Crippen LogP contribution is 2.42. The van der Waals surface area contributed by atoms with Crippen LogP contribution in [0.1, 0.15) is 47.1 Å². The number of fused-ring (bicyclic) bond motifs is 1. The number of carbonyl (C=O) groups is 1. The van der Waals surface area contributed by atoms with Crippen LogP contribution in [-0.2, 0) is 20.6 Å². The van der Waals surface area contributed by atoms with E-state index in [1.54, 1.807) is 6.33 Å². The lowest BCUT2D eigenvalue weighted by Crippen LogP contribution is -2.51. The molecule has 6 aromatic rings. The summed E-state index contributed by atoms with van der Waals surface area (Å²) >= 11 is 6.16. The number of halogens is 1. The molecule has 0 radical (unpaired) electrons. The van der Waals surface area contributed by atoms with Gasteiger partial charge in [0.15, 0.2) is 11.6 Å². The number of anilines is 1. The van der Waals surface area contributed by atoms with Crippen molar-refractivity contribution in [1.82, 2.24) is 20.2 Å². The largest absolute Gasteiger partial charge is 0.370 e. The van der Waals surface area contributed by atoms with Gasteiger partial charge in [0.1, 0.15) is 23.5 Å². The second kappa shape index (κ2) is 13.5. The Bertz CT molecular complexity index is 2030. The Morgan fingerprint density at radius 2 is 1.48 bits per heavy atom. The number of hydrogen-bond acceptors (Lipinski definition) is 6. The molecule has 248 valence electrons. The fourth-order valence-electron chi connectivity index (χ4n) is 7.25. The van der Waals surface area contributed by atoms with Crippen molar-refractivity contribution in [2.75, 3.05) is 12.0 Å². The molecule has 2 unspecified atom stereocenters. The number of hydrazine groups is 1. The highest BCUT2D eigenvalue weighted by atomic mass is 35.5. The Balaban J connectivity index is 1.26. The average molecular weight is 678 g/mol. The van der Waals surface area contributed by atoms with Gasteiger partial charge >= 0.3 is 0 Å². The lowest BCUT2D eigenvalue weighted by Gasteiger charge is -2.35. The molecule has 0 bridgehead atoms. The summed E-state index contributed by atoms with van der Waals surface area (Å²) in [6.07, 6.45) is 7.74. The highest BCUT2D eigenvalue weighted by Gasteiger charge is 2.47. The Morgan fingerprint density at radius 1 is 0.840 bits per heavy atom. The lowest BCUT2D eigenvalue weighted by molar-refractivity contribution is -0.138. The van der Waals surface area contributed by atoms with Crippen molar-refractivity contribution in [3.63, 3.8) is 0 Å². The molecule has 1 aromatic heterocycles. The first-order valence-corrected chi connectivity index (χ1v) is 17.3. The van der Waals surface area contributed by atoms with Crippen molar-refractivity contribution in [2.45, 2.75) is 36.4 Å². The topological polar surface area (TPSA) is 81.1 Å². The number of carbonyl (C=O) groups excluding carboxylic acids is 1. The van der Waals surface area contributed by atoms with Gasteiger partial charge in [-0.2, -0.15) is 0 Å². The predicted octanol–water partition coefficient (Wildman–Crippen LogP) is 8.42. The Kier molecular flexibility index (Phi) is 8.63. The van der Waals surface area contributed by atoms with Crippen LogP contribution in [-0.4, -0.2) is 33.3 Å². The summed E-state index contributed by atoms with van der Waals surface area (Å²) in [5, 5.41) is 5.87. The van der Waals surface area contributed by atoms with Crippen LogP contribution < -0.4 is 10.9 Å². The maximum Gasteiger partial charge on any atom is 0.191 e. The molecule has 0 aliphatic carbocycles. The molecule has 3 heterocycles. The molecule has 2 aliphatic heterocycles. The van der Waals surface area contributed by atoms with Crippen LogP contribution in [0.2, 0.25) is 5.02 Å². The van der Waals surface area contributed by atoms with Crippen molar-refractivity contribution in [3.8, 4) is 11.4 Å². The van der Waals surface area contributed by atoms with Crippen molar-refractivity contribution in [1.29, 1.82) is 0 Å². The fourth-order valence-corrected chi connectivity index (χ4v) is 7.37. The zero-order valence-corrected chi connectivity index (χ0v) is 28.1. The Hall–Kier alpha value is -5.34. The molecule has 2 atom stereocenters. The quantitative estimate of drug-likeness (QED) is 0.150. The zero-order valence-electron chi connectivity index (χ0n) is 27.4. The van der Waals surface area contributed by atoms with Crippen LogP contribution in [0.25, 0.3) is 17.5 Å². The van der Waals surface area contributed by atoms with E-state index in [-0.39, 0.29) is 5.78 Å². The van der Waals surface area contributed by atoms with E-state index in [2.05, 4.69) is 83.6 Å². The van der Waals surface area contributed by atoms with Gasteiger partial charge in [-0.05, 0) is 71.8 Å². The maximum atomic E-state index is 14.5. The highest BCUT2D eigenvalue weighted by molar-refractivity contribution is 6.30. The van der Waals surface area contributed by atoms with Crippen molar-refractivity contribution < 1.29 is 9.53 Å². The first kappa shape index (κ1) is 31.9.